The molecule has 138 valence electrons. The molecule has 0 atom stereocenters. The van der Waals surface area contributed by atoms with Crippen LogP contribution < -0.4 is 16.2 Å². The van der Waals surface area contributed by atoms with E-state index >= 15 is 0 Å². The number of carbonyl (C=O) groups is 1. The molecule has 0 aliphatic carbocycles. The van der Waals surface area contributed by atoms with E-state index in [1.165, 1.54) is 24.7 Å². The number of nitrogens with one attached hydrogen (secondary N) is 3. The van der Waals surface area contributed by atoms with Gasteiger partial charge >= 0.3 is 0 Å². The lowest BCUT2D eigenvalue weighted by atomic mass is 10.1. The van der Waals surface area contributed by atoms with Gasteiger partial charge in [0.15, 0.2) is 5.82 Å². The van der Waals surface area contributed by atoms with E-state index in [4.69, 9.17) is 0 Å². The average Bonchev–Trinajstić information content (AvgIpc) is 2.68. The minimum absolute atomic E-state index is 0.121. The largest absolute Gasteiger partial charge is 0.385 e. The molecule has 0 saturated heterocycles. The minimum Gasteiger partial charge on any atom is -0.385 e. The van der Waals surface area contributed by atoms with Crippen LogP contribution in [0, 0.1) is 6.92 Å². The number of amides is 1. The summed E-state index contributed by atoms with van der Waals surface area (Å²) in [6.07, 6.45) is 4.56. The van der Waals surface area contributed by atoms with E-state index in [0.29, 0.717) is 29.3 Å². The third-order valence-electron chi connectivity index (χ3n) is 3.82. The van der Waals surface area contributed by atoms with E-state index < -0.39 is 0 Å². The summed E-state index contributed by atoms with van der Waals surface area (Å²) in [6.45, 7) is 4.73. The molecule has 3 aromatic rings. The Bertz CT molecular complexity index is 1000. The number of carbonyl (C=O) groups excluding carboxylic acids is 1. The van der Waals surface area contributed by atoms with Crippen LogP contribution in [0.2, 0.25) is 0 Å². The number of rotatable bonds is 6. The van der Waals surface area contributed by atoms with E-state index in [0.717, 1.165) is 11.3 Å². The van der Waals surface area contributed by atoms with Crippen molar-refractivity contribution in [3.63, 3.8) is 0 Å². The fourth-order valence-corrected chi connectivity index (χ4v) is 2.60. The Labute approximate surface area is 156 Å². The first-order valence-corrected chi connectivity index (χ1v) is 8.56. The average molecular weight is 364 g/mol. The van der Waals surface area contributed by atoms with Gasteiger partial charge in [-0.1, -0.05) is 11.6 Å². The summed E-state index contributed by atoms with van der Waals surface area (Å²) >= 11 is 0. The maximum Gasteiger partial charge on any atom is 0.253 e. The summed E-state index contributed by atoms with van der Waals surface area (Å²) in [5.41, 5.74) is 2.87. The molecule has 0 spiro atoms. The number of aromatic nitrogens is 4. The van der Waals surface area contributed by atoms with Gasteiger partial charge < -0.3 is 15.6 Å². The number of aryl methyl sites for hydroxylation is 1. The molecule has 27 heavy (non-hydrogen) atoms. The van der Waals surface area contributed by atoms with Gasteiger partial charge in [0, 0.05) is 30.7 Å². The Hall–Kier alpha value is -3.55. The lowest BCUT2D eigenvalue weighted by Crippen LogP contribution is -2.25. The highest BCUT2D eigenvalue weighted by Crippen LogP contribution is 2.17. The van der Waals surface area contributed by atoms with Gasteiger partial charge in [-0.3, -0.25) is 14.6 Å². The van der Waals surface area contributed by atoms with E-state index in [1.54, 1.807) is 0 Å². The summed E-state index contributed by atoms with van der Waals surface area (Å²) in [5.74, 6) is 0.0709. The van der Waals surface area contributed by atoms with Crippen LogP contribution in [-0.2, 0) is 6.54 Å². The first kappa shape index (κ1) is 18.2. The molecule has 0 bridgehead atoms. The van der Waals surface area contributed by atoms with Crippen molar-refractivity contribution in [2.75, 3.05) is 11.9 Å². The Morgan fingerprint density at radius 3 is 2.81 bits per heavy atom. The van der Waals surface area contributed by atoms with E-state index in [-0.39, 0.29) is 18.0 Å². The molecule has 8 nitrogen and oxygen atoms in total. The lowest BCUT2D eigenvalue weighted by molar-refractivity contribution is 0.0951. The smallest absolute Gasteiger partial charge is 0.253 e. The fourth-order valence-electron chi connectivity index (χ4n) is 2.60. The van der Waals surface area contributed by atoms with Crippen LogP contribution in [0.4, 0.5) is 5.69 Å². The molecule has 2 heterocycles. The van der Waals surface area contributed by atoms with Crippen LogP contribution in [0.5, 0.6) is 0 Å². The topological polar surface area (TPSA) is 113 Å². The van der Waals surface area contributed by atoms with E-state index in [9.17, 15) is 9.59 Å². The Morgan fingerprint density at radius 1 is 1.22 bits per heavy atom. The zero-order valence-corrected chi connectivity index (χ0v) is 15.1. The van der Waals surface area contributed by atoms with Crippen molar-refractivity contribution in [3.8, 4) is 11.5 Å². The number of anilines is 1. The Balaban J connectivity index is 1.79. The van der Waals surface area contributed by atoms with Crippen molar-refractivity contribution in [2.45, 2.75) is 20.4 Å². The molecule has 0 aliphatic rings. The molecule has 2 aromatic heterocycles. The zero-order chi connectivity index (χ0) is 19.2. The summed E-state index contributed by atoms with van der Waals surface area (Å²) < 4.78 is 0. The molecule has 3 N–H and O–H groups in total. The van der Waals surface area contributed by atoms with Gasteiger partial charge in [0.25, 0.3) is 11.5 Å². The maximum absolute atomic E-state index is 12.6. The van der Waals surface area contributed by atoms with Crippen LogP contribution in [0.25, 0.3) is 11.5 Å². The third-order valence-corrected chi connectivity index (χ3v) is 3.82. The molecule has 0 radical (unpaired) electrons. The monoisotopic (exact) mass is 364 g/mol. The van der Waals surface area contributed by atoms with Crippen LogP contribution in [-0.4, -0.2) is 32.4 Å². The SMILES string of the molecule is CCNc1ccc(C)cc1C(=O)NCc1cc(=O)[nH]c(-c2cnccn2)n1. The maximum atomic E-state index is 12.6. The molecule has 1 aromatic carbocycles. The molecule has 1 amide bonds. The van der Waals surface area contributed by atoms with Crippen LogP contribution in [0.1, 0.15) is 28.5 Å². The Morgan fingerprint density at radius 2 is 2.07 bits per heavy atom. The van der Waals surface area contributed by atoms with Crippen LogP contribution in [0.15, 0.2) is 47.7 Å². The highest BCUT2D eigenvalue weighted by molar-refractivity contribution is 5.99. The van der Waals surface area contributed by atoms with Crippen molar-refractivity contribution in [1.82, 2.24) is 25.3 Å². The molecular formula is C19H20N6O2. The van der Waals surface area contributed by atoms with Crippen molar-refractivity contribution < 1.29 is 4.79 Å². The summed E-state index contributed by atoms with van der Waals surface area (Å²) in [4.78, 5) is 39.6. The second kappa shape index (κ2) is 8.22. The van der Waals surface area contributed by atoms with Gasteiger partial charge in [-0.15, -0.1) is 0 Å². The van der Waals surface area contributed by atoms with Gasteiger partial charge in [-0.2, -0.15) is 0 Å². The number of hydrogen-bond acceptors (Lipinski definition) is 6. The van der Waals surface area contributed by atoms with Gasteiger partial charge in [-0.05, 0) is 26.0 Å². The first-order chi connectivity index (χ1) is 13.1. The normalized spacial score (nSPS) is 10.4. The number of benzene rings is 1. The fraction of sp³-hybridized carbons (Fsp3) is 0.211. The molecule has 0 aliphatic heterocycles. The van der Waals surface area contributed by atoms with Crippen molar-refractivity contribution in [1.29, 1.82) is 0 Å². The van der Waals surface area contributed by atoms with E-state index in [1.807, 2.05) is 32.0 Å². The molecule has 0 fully saturated rings. The first-order valence-electron chi connectivity index (χ1n) is 8.56. The number of nitrogens with zero attached hydrogens (tertiary/aromatic N) is 3. The minimum atomic E-state index is -0.321. The standard InChI is InChI=1S/C19H20N6O2/c1-3-21-15-5-4-12(2)8-14(15)19(27)23-10-13-9-17(26)25-18(24-13)16-11-20-6-7-22-16/h4-9,11,21H,3,10H2,1-2H3,(H,23,27)(H,24,25,26). The van der Waals surface area contributed by atoms with Crippen LogP contribution >= 0.6 is 0 Å². The summed E-state index contributed by atoms with van der Waals surface area (Å²) in [7, 11) is 0. The highest BCUT2D eigenvalue weighted by atomic mass is 16.1. The highest BCUT2D eigenvalue weighted by Gasteiger charge is 2.12. The Kier molecular flexibility index (Phi) is 5.55. The van der Waals surface area contributed by atoms with E-state index in [2.05, 4.69) is 30.6 Å². The van der Waals surface area contributed by atoms with Crippen molar-refractivity contribution in [2.24, 2.45) is 0 Å². The van der Waals surface area contributed by atoms with Gasteiger partial charge in [-0.25, -0.2) is 9.97 Å². The van der Waals surface area contributed by atoms with Gasteiger partial charge in [0.05, 0.1) is 24.0 Å². The zero-order valence-electron chi connectivity index (χ0n) is 15.1. The van der Waals surface area contributed by atoms with Gasteiger partial charge in [0.1, 0.15) is 5.69 Å². The number of aromatic amines is 1. The quantitative estimate of drug-likeness (QED) is 0.616. The van der Waals surface area contributed by atoms with Crippen molar-refractivity contribution >= 4 is 11.6 Å². The molecule has 0 unspecified atom stereocenters. The molecular weight excluding hydrogens is 344 g/mol. The third kappa shape index (κ3) is 4.55. The molecule has 8 heteroatoms. The lowest BCUT2D eigenvalue weighted by Gasteiger charge is -2.12. The van der Waals surface area contributed by atoms with Gasteiger partial charge in [0.2, 0.25) is 0 Å². The number of H-pyrrole nitrogens is 1. The predicted molar refractivity (Wildman–Crippen MR) is 102 cm³/mol. The second-order valence-electron chi connectivity index (χ2n) is 5.94. The van der Waals surface area contributed by atoms with Crippen molar-refractivity contribution in [3.05, 3.63) is 70.0 Å². The second-order valence-corrected chi connectivity index (χ2v) is 5.94. The van der Waals surface area contributed by atoms with Crippen LogP contribution in [0.3, 0.4) is 0 Å². The predicted octanol–water partition coefficient (Wildman–Crippen LogP) is 1.90. The summed E-state index contributed by atoms with van der Waals surface area (Å²) in [5, 5.41) is 5.99. The molecule has 0 saturated carbocycles. The number of hydrogen-bond donors (Lipinski definition) is 3. The summed E-state index contributed by atoms with van der Waals surface area (Å²) in [6, 6.07) is 7.00. The molecule has 3 rings (SSSR count).